The summed E-state index contributed by atoms with van der Waals surface area (Å²) < 4.78 is 27.3. The summed E-state index contributed by atoms with van der Waals surface area (Å²) in [4.78, 5) is 14.0. The predicted octanol–water partition coefficient (Wildman–Crippen LogP) is 5.69. The van der Waals surface area contributed by atoms with Crippen LogP contribution in [-0.2, 0) is 15.3 Å². The van der Waals surface area contributed by atoms with E-state index in [4.69, 9.17) is 0 Å². The number of hydrogen-bond acceptors (Lipinski definition) is 3. The summed E-state index contributed by atoms with van der Waals surface area (Å²) in [6.45, 7) is 1.74. The zero-order chi connectivity index (χ0) is 22.0. The Kier molecular flexibility index (Phi) is 4.50. The number of carbonyl (C=O) groups excluding carboxylic acids is 1. The van der Waals surface area contributed by atoms with Gasteiger partial charge in [0.05, 0.1) is 22.4 Å². The van der Waals surface area contributed by atoms with Gasteiger partial charge < -0.3 is 0 Å². The molecule has 0 bridgehead atoms. The number of hydrogen-bond donors (Lipinski definition) is 0. The molecule has 0 saturated carbocycles. The van der Waals surface area contributed by atoms with Gasteiger partial charge in [-0.05, 0) is 36.2 Å². The van der Waals surface area contributed by atoms with Crippen LogP contribution in [0.3, 0.4) is 0 Å². The molecule has 31 heavy (non-hydrogen) atoms. The molecule has 5 rings (SSSR count). The normalized spacial score (nSPS) is 18.1. The molecule has 1 atom stereocenters. The third-order valence-electron chi connectivity index (χ3n) is 5.99. The van der Waals surface area contributed by atoms with Crippen molar-refractivity contribution in [2.75, 3.05) is 12.0 Å². The molecule has 0 aliphatic carbocycles. The van der Waals surface area contributed by atoms with Gasteiger partial charge in [0.25, 0.3) is 0 Å². The Morgan fingerprint density at radius 1 is 0.968 bits per heavy atom. The molecule has 0 unspecified atom stereocenters. The number of rotatable bonds is 3. The van der Waals surface area contributed by atoms with Crippen molar-refractivity contribution >= 4 is 42.6 Å². The van der Waals surface area contributed by atoms with Crippen molar-refractivity contribution in [3.8, 4) is 22.4 Å². The van der Waals surface area contributed by atoms with Gasteiger partial charge in [0.2, 0.25) is 5.91 Å². The van der Waals surface area contributed by atoms with E-state index < -0.39 is 15.3 Å². The highest BCUT2D eigenvalue weighted by molar-refractivity contribution is 9.10. The van der Waals surface area contributed by atoms with E-state index in [0.717, 1.165) is 43.3 Å². The van der Waals surface area contributed by atoms with E-state index in [1.54, 1.807) is 11.5 Å². The second-order valence-corrected chi connectivity index (χ2v) is 11.4. The van der Waals surface area contributed by atoms with E-state index in [0.29, 0.717) is 0 Å². The summed E-state index contributed by atoms with van der Waals surface area (Å²) in [7, 11) is -3.41. The molecule has 4 aromatic rings. The minimum Gasteiger partial charge on any atom is -0.278 e. The second kappa shape index (κ2) is 6.90. The summed E-state index contributed by atoms with van der Waals surface area (Å²) >= 11 is 3.57. The molecule has 0 amide bonds. The largest absolute Gasteiger partial charge is 0.278 e. The molecule has 2 heterocycles. The Balaban J connectivity index is 1.96. The minimum absolute atomic E-state index is 0.221. The maximum atomic E-state index is 14.0. The van der Waals surface area contributed by atoms with Crippen molar-refractivity contribution in [3.05, 3.63) is 82.8 Å². The molecule has 4 nitrogen and oxygen atoms in total. The topological polar surface area (TPSA) is 56.1 Å². The maximum Gasteiger partial charge on any atom is 0.243 e. The highest BCUT2D eigenvalue weighted by Crippen LogP contribution is 2.49. The van der Waals surface area contributed by atoms with Crippen LogP contribution in [0.1, 0.15) is 17.3 Å². The third-order valence-corrected chi connectivity index (χ3v) is 7.59. The summed E-state index contributed by atoms with van der Waals surface area (Å²) in [6, 6.07) is 23.5. The molecule has 0 radical (unpaired) electrons. The molecule has 1 aliphatic heterocycles. The number of sulfone groups is 1. The van der Waals surface area contributed by atoms with Gasteiger partial charge in [-0.1, -0.05) is 70.5 Å². The van der Waals surface area contributed by atoms with Crippen molar-refractivity contribution in [1.82, 2.24) is 4.57 Å². The van der Waals surface area contributed by atoms with Crippen LogP contribution < -0.4 is 0 Å². The number of nitrogens with zero attached hydrogens (tertiary/aromatic N) is 1. The van der Waals surface area contributed by atoms with Crippen LogP contribution in [-0.4, -0.2) is 30.9 Å². The Bertz CT molecular complexity index is 1470. The summed E-state index contributed by atoms with van der Waals surface area (Å²) in [6.07, 6.45) is 1.18. The monoisotopic (exact) mass is 493 g/mol. The van der Waals surface area contributed by atoms with Crippen molar-refractivity contribution in [2.24, 2.45) is 0 Å². The van der Waals surface area contributed by atoms with Gasteiger partial charge in [-0.2, -0.15) is 0 Å². The van der Waals surface area contributed by atoms with Gasteiger partial charge >= 0.3 is 0 Å². The lowest BCUT2D eigenvalue weighted by molar-refractivity contribution is 0.0826. The number of fused-ring (bicyclic) bond motifs is 5. The van der Waals surface area contributed by atoms with E-state index >= 15 is 0 Å². The fourth-order valence-electron chi connectivity index (χ4n) is 4.82. The number of halogens is 1. The molecule has 0 saturated heterocycles. The lowest BCUT2D eigenvalue weighted by Gasteiger charge is -2.35. The van der Waals surface area contributed by atoms with Crippen molar-refractivity contribution in [2.45, 2.75) is 12.3 Å². The molecule has 0 fully saturated rings. The standard InChI is InChI=1S/C25H20BrNO3S/c1-25(15-31(2,29)30)20-11-7-6-10-18(20)23-22(16-8-4-3-5-9-16)19-14-17(26)12-13-21(19)27(23)24(25)28/h3-14H,15H2,1-2H3/t25-/m1/s1. The van der Waals surface area contributed by atoms with Gasteiger partial charge in [-0.15, -0.1) is 0 Å². The van der Waals surface area contributed by atoms with Gasteiger partial charge in [0, 0.05) is 27.2 Å². The Hall–Kier alpha value is -2.70. The second-order valence-electron chi connectivity index (χ2n) is 8.34. The average Bonchev–Trinajstić information content (AvgIpc) is 3.06. The smallest absolute Gasteiger partial charge is 0.243 e. The van der Waals surface area contributed by atoms with E-state index in [1.165, 1.54) is 6.26 Å². The van der Waals surface area contributed by atoms with Crippen molar-refractivity contribution < 1.29 is 13.2 Å². The molecule has 1 aromatic heterocycles. The third kappa shape index (κ3) is 3.08. The average molecular weight is 494 g/mol. The molecule has 6 heteroatoms. The zero-order valence-electron chi connectivity index (χ0n) is 17.1. The Morgan fingerprint density at radius 3 is 2.35 bits per heavy atom. The van der Waals surface area contributed by atoms with Gasteiger partial charge in [-0.3, -0.25) is 9.36 Å². The van der Waals surface area contributed by atoms with Crippen LogP contribution in [0.5, 0.6) is 0 Å². The SMILES string of the molecule is C[C@]1(CS(C)(=O)=O)C(=O)n2c(c(-c3ccccc3)c3cc(Br)ccc32)-c2ccccc21. The minimum atomic E-state index is -3.41. The zero-order valence-corrected chi connectivity index (χ0v) is 19.5. The van der Waals surface area contributed by atoms with E-state index in [-0.39, 0.29) is 11.7 Å². The molecule has 0 N–H and O–H groups in total. The highest BCUT2D eigenvalue weighted by atomic mass is 79.9. The fourth-order valence-corrected chi connectivity index (χ4v) is 6.51. The molecule has 0 spiro atoms. The van der Waals surface area contributed by atoms with Crippen LogP contribution in [0.15, 0.2) is 77.3 Å². The number of carbonyl (C=O) groups is 1. The summed E-state index contributed by atoms with van der Waals surface area (Å²) in [5.74, 6) is -0.465. The molecular formula is C25H20BrNO3S. The van der Waals surface area contributed by atoms with Crippen molar-refractivity contribution in [3.63, 3.8) is 0 Å². The van der Waals surface area contributed by atoms with Crippen molar-refractivity contribution in [1.29, 1.82) is 0 Å². The van der Waals surface area contributed by atoms with Crippen LogP contribution in [0.25, 0.3) is 33.3 Å². The quantitative estimate of drug-likeness (QED) is 0.368. The molecule has 1 aliphatic rings. The first-order valence-corrected chi connectivity index (χ1v) is 12.8. The van der Waals surface area contributed by atoms with Gasteiger partial charge in [0.1, 0.15) is 9.84 Å². The fraction of sp³-hybridized carbons (Fsp3) is 0.160. The highest BCUT2D eigenvalue weighted by Gasteiger charge is 2.46. The van der Waals surface area contributed by atoms with Crippen LogP contribution in [0.4, 0.5) is 0 Å². The first kappa shape index (κ1) is 20.2. The first-order valence-electron chi connectivity index (χ1n) is 9.92. The van der Waals surface area contributed by atoms with E-state index in [1.807, 2.05) is 72.8 Å². The van der Waals surface area contributed by atoms with E-state index in [2.05, 4.69) is 15.9 Å². The Labute approximate surface area is 189 Å². The lowest BCUT2D eigenvalue weighted by Crippen LogP contribution is -2.45. The summed E-state index contributed by atoms with van der Waals surface area (Å²) in [5.41, 5.74) is 4.02. The number of aromatic nitrogens is 1. The lowest BCUT2D eigenvalue weighted by atomic mass is 9.76. The van der Waals surface area contributed by atoms with Crippen LogP contribution in [0, 0.1) is 0 Å². The van der Waals surface area contributed by atoms with Gasteiger partial charge in [-0.25, -0.2) is 8.42 Å². The molecule has 156 valence electrons. The van der Waals surface area contributed by atoms with E-state index in [9.17, 15) is 13.2 Å². The Morgan fingerprint density at radius 2 is 1.65 bits per heavy atom. The first-order chi connectivity index (χ1) is 14.7. The van der Waals surface area contributed by atoms with Crippen LogP contribution in [0.2, 0.25) is 0 Å². The number of benzene rings is 3. The molecular weight excluding hydrogens is 474 g/mol. The van der Waals surface area contributed by atoms with Crippen LogP contribution >= 0.6 is 15.9 Å². The van der Waals surface area contributed by atoms with Gasteiger partial charge in [0.15, 0.2) is 0 Å². The predicted molar refractivity (Wildman–Crippen MR) is 128 cm³/mol. The molecule has 3 aromatic carbocycles. The summed E-state index contributed by atoms with van der Waals surface area (Å²) in [5, 5.41) is 0.947. The maximum absolute atomic E-state index is 14.0.